The second-order valence-corrected chi connectivity index (χ2v) is 4.95. The van der Waals surface area contributed by atoms with Crippen molar-refractivity contribution >= 4 is 29.0 Å². The van der Waals surface area contributed by atoms with Crippen molar-refractivity contribution in [3.05, 3.63) is 63.7 Å². The Morgan fingerprint density at radius 2 is 1.67 bits per heavy atom. The van der Waals surface area contributed by atoms with Crippen LogP contribution in [0.15, 0.2) is 42.5 Å². The highest BCUT2D eigenvalue weighted by molar-refractivity contribution is 6.06. The number of amides is 3. The van der Waals surface area contributed by atoms with Gasteiger partial charge in [0, 0.05) is 35.6 Å². The maximum Gasteiger partial charge on any atom is 0.318 e. The Balaban J connectivity index is 2.21. The van der Waals surface area contributed by atoms with Crippen molar-refractivity contribution in [3.8, 4) is 0 Å². The fourth-order valence-corrected chi connectivity index (χ4v) is 2.13. The number of nitrogens with one attached hydrogen (secondary N) is 3. The number of urea groups is 1. The Labute approximate surface area is 138 Å². The van der Waals surface area contributed by atoms with Crippen LogP contribution in [-0.4, -0.2) is 23.9 Å². The molecule has 0 heterocycles. The first-order valence-electron chi connectivity index (χ1n) is 7.06. The van der Waals surface area contributed by atoms with E-state index >= 15 is 0 Å². The normalized spacial score (nSPS) is 9.92. The third-order valence-corrected chi connectivity index (χ3v) is 3.35. The lowest BCUT2D eigenvalue weighted by Crippen LogP contribution is -2.24. The van der Waals surface area contributed by atoms with E-state index in [0.29, 0.717) is 16.9 Å². The summed E-state index contributed by atoms with van der Waals surface area (Å²) in [6, 6.07) is 10.5. The van der Waals surface area contributed by atoms with E-state index in [1.807, 2.05) is 0 Å². The van der Waals surface area contributed by atoms with E-state index in [1.54, 1.807) is 24.3 Å². The highest BCUT2D eigenvalue weighted by Gasteiger charge is 2.18. The number of nitro benzene ring substituents is 1. The van der Waals surface area contributed by atoms with Crippen LogP contribution in [0.4, 0.5) is 21.9 Å². The molecule has 0 aliphatic carbocycles. The summed E-state index contributed by atoms with van der Waals surface area (Å²) in [4.78, 5) is 34.1. The number of nitro groups is 1. The van der Waals surface area contributed by atoms with Crippen molar-refractivity contribution in [2.75, 3.05) is 17.7 Å². The summed E-state index contributed by atoms with van der Waals surface area (Å²) >= 11 is 0. The predicted molar refractivity (Wildman–Crippen MR) is 90.3 cm³/mol. The van der Waals surface area contributed by atoms with E-state index in [0.717, 1.165) is 0 Å². The molecule has 0 fully saturated rings. The van der Waals surface area contributed by atoms with E-state index in [1.165, 1.54) is 32.2 Å². The molecule has 24 heavy (non-hydrogen) atoms. The van der Waals surface area contributed by atoms with Gasteiger partial charge in [-0.15, -0.1) is 0 Å². The zero-order valence-corrected chi connectivity index (χ0v) is 13.1. The average Bonchev–Trinajstić information content (AvgIpc) is 2.54. The van der Waals surface area contributed by atoms with Gasteiger partial charge in [-0.3, -0.25) is 14.9 Å². The molecule has 2 aromatic rings. The molecule has 0 spiro atoms. The van der Waals surface area contributed by atoms with Crippen molar-refractivity contribution < 1.29 is 14.5 Å². The van der Waals surface area contributed by atoms with Gasteiger partial charge in [0.2, 0.25) is 0 Å². The fourth-order valence-electron chi connectivity index (χ4n) is 2.13. The molecule has 3 amide bonds. The summed E-state index contributed by atoms with van der Waals surface area (Å²) < 4.78 is 0. The summed E-state index contributed by atoms with van der Waals surface area (Å²) in [5.74, 6) is -0.465. The minimum absolute atomic E-state index is 0.113. The van der Waals surface area contributed by atoms with Crippen LogP contribution < -0.4 is 16.0 Å². The standard InChI is InChI=1S/C16H16N4O4/c1-10-13(7-4-8-14(10)20(23)24)15(21)18-11-5-3-6-12(9-11)19-16(22)17-2/h3-9H,1-2H3,(H,18,21)(H2,17,19,22). The molecule has 0 atom stereocenters. The van der Waals surface area contributed by atoms with E-state index < -0.39 is 10.8 Å². The first-order chi connectivity index (χ1) is 11.4. The number of hydrogen-bond donors (Lipinski definition) is 3. The molecular weight excluding hydrogens is 312 g/mol. The minimum Gasteiger partial charge on any atom is -0.341 e. The molecule has 2 rings (SSSR count). The van der Waals surface area contributed by atoms with Crippen molar-refractivity contribution in [1.82, 2.24) is 5.32 Å². The summed E-state index contributed by atoms with van der Waals surface area (Å²) in [5, 5.41) is 18.6. The minimum atomic E-state index is -0.528. The van der Waals surface area contributed by atoms with Gasteiger partial charge < -0.3 is 16.0 Å². The van der Waals surface area contributed by atoms with Gasteiger partial charge in [0.05, 0.1) is 4.92 Å². The molecule has 8 heteroatoms. The van der Waals surface area contributed by atoms with E-state index in [4.69, 9.17) is 0 Å². The predicted octanol–water partition coefficient (Wildman–Crippen LogP) is 2.91. The third-order valence-electron chi connectivity index (χ3n) is 3.35. The lowest BCUT2D eigenvalue weighted by molar-refractivity contribution is -0.385. The molecular formula is C16H16N4O4. The average molecular weight is 328 g/mol. The second-order valence-electron chi connectivity index (χ2n) is 4.95. The number of carbonyl (C=O) groups is 2. The number of benzene rings is 2. The zero-order chi connectivity index (χ0) is 17.7. The lowest BCUT2D eigenvalue weighted by Gasteiger charge is -2.10. The highest BCUT2D eigenvalue weighted by atomic mass is 16.6. The fraction of sp³-hybridized carbons (Fsp3) is 0.125. The van der Waals surface area contributed by atoms with Crippen LogP contribution in [0.25, 0.3) is 0 Å². The van der Waals surface area contributed by atoms with Gasteiger partial charge in [0.15, 0.2) is 0 Å². The van der Waals surface area contributed by atoms with Gasteiger partial charge in [-0.05, 0) is 31.2 Å². The molecule has 0 saturated carbocycles. The molecule has 124 valence electrons. The number of rotatable bonds is 4. The van der Waals surface area contributed by atoms with Crippen molar-refractivity contribution in [3.63, 3.8) is 0 Å². The van der Waals surface area contributed by atoms with Crippen LogP contribution >= 0.6 is 0 Å². The van der Waals surface area contributed by atoms with Crippen molar-refractivity contribution in [2.45, 2.75) is 6.92 Å². The van der Waals surface area contributed by atoms with Crippen LogP contribution in [0, 0.1) is 17.0 Å². The molecule has 0 aliphatic rings. The smallest absolute Gasteiger partial charge is 0.318 e. The van der Waals surface area contributed by atoms with Crippen LogP contribution in [0.3, 0.4) is 0 Å². The van der Waals surface area contributed by atoms with Crippen LogP contribution in [-0.2, 0) is 0 Å². The molecule has 0 bridgehead atoms. The molecule has 8 nitrogen and oxygen atoms in total. The van der Waals surface area contributed by atoms with E-state index in [2.05, 4.69) is 16.0 Å². The van der Waals surface area contributed by atoms with Gasteiger partial charge in [-0.1, -0.05) is 12.1 Å². The lowest BCUT2D eigenvalue weighted by atomic mass is 10.1. The van der Waals surface area contributed by atoms with Gasteiger partial charge >= 0.3 is 6.03 Å². The summed E-state index contributed by atoms with van der Waals surface area (Å²) in [6.45, 7) is 1.52. The Morgan fingerprint density at radius 1 is 1.04 bits per heavy atom. The monoisotopic (exact) mass is 328 g/mol. The second kappa shape index (κ2) is 7.23. The molecule has 3 N–H and O–H groups in total. The quantitative estimate of drug-likeness (QED) is 0.591. The largest absolute Gasteiger partial charge is 0.341 e. The van der Waals surface area contributed by atoms with Gasteiger partial charge in [-0.25, -0.2) is 4.79 Å². The van der Waals surface area contributed by atoms with Gasteiger partial charge in [-0.2, -0.15) is 0 Å². The number of hydrogen-bond acceptors (Lipinski definition) is 4. The van der Waals surface area contributed by atoms with Gasteiger partial charge in [0.1, 0.15) is 0 Å². The molecule has 0 aromatic heterocycles. The molecule has 0 aliphatic heterocycles. The first-order valence-corrected chi connectivity index (χ1v) is 7.06. The number of carbonyl (C=O) groups excluding carboxylic acids is 2. The Bertz CT molecular complexity index is 804. The summed E-state index contributed by atoms with van der Waals surface area (Å²) in [5.41, 5.74) is 1.36. The highest BCUT2D eigenvalue weighted by Crippen LogP contribution is 2.22. The zero-order valence-electron chi connectivity index (χ0n) is 13.1. The number of anilines is 2. The number of nitrogens with zero attached hydrogens (tertiary/aromatic N) is 1. The molecule has 0 saturated heterocycles. The molecule has 0 unspecified atom stereocenters. The van der Waals surface area contributed by atoms with Crippen molar-refractivity contribution in [1.29, 1.82) is 0 Å². The van der Waals surface area contributed by atoms with Crippen LogP contribution in [0.2, 0.25) is 0 Å². The Morgan fingerprint density at radius 3 is 2.29 bits per heavy atom. The van der Waals surface area contributed by atoms with Crippen LogP contribution in [0.1, 0.15) is 15.9 Å². The van der Waals surface area contributed by atoms with E-state index in [-0.39, 0.29) is 17.3 Å². The first kappa shape index (κ1) is 16.9. The SMILES string of the molecule is CNC(=O)Nc1cccc(NC(=O)c2cccc([N+](=O)[O-])c2C)c1. The summed E-state index contributed by atoms with van der Waals surface area (Å²) in [6.07, 6.45) is 0. The summed E-state index contributed by atoms with van der Waals surface area (Å²) in [7, 11) is 1.49. The van der Waals surface area contributed by atoms with Gasteiger partial charge in [0.25, 0.3) is 11.6 Å². The van der Waals surface area contributed by atoms with E-state index in [9.17, 15) is 19.7 Å². The Kier molecular flexibility index (Phi) is 5.10. The van der Waals surface area contributed by atoms with Crippen molar-refractivity contribution in [2.24, 2.45) is 0 Å². The topological polar surface area (TPSA) is 113 Å². The molecule has 0 radical (unpaired) electrons. The maximum absolute atomic E-state index is 12.4. The maximum atomic E-state index is 12.4. The van der Waals surface area contributed by atoms with Crippen LogP contribution in [0.5, 0.6) is 0 Å². The third kappa shape index (κ3) is 3.86. The molecule has 2 aromatic carbocycles. The Hall–Kier alpha value is -3.42.